The smallest absolute Gasteiger partial charge is 0.271 e. The number of carbonyl (C=O) groups excluding carboxylic acids is 1. The van der Waals surface area contributed by atoms with Crippen molar-refractivity contribution in [2.24, 2.45) is 0 Å². The van der Waals surface area contributed by atoms with E-state index in [1.54, 1.807) is 36.5 Å². The molecule has 0 aliphatic heterocycles. The van der Waals surface area contributed by atoms with E-state index in [-0.39, 0.29) is 5.91 Å². The Morgan fingerprint density at radius 2 is 1.83 bits per heavy atom. The number of rotatable bonds is 8. The Morgan fingerprint density at radius 1 is 1.07 bits per heavy atom. The number of unbranched alkanes of at least 4 members (excludes halogenated alkanes) is 2. The van der Waals surface area contributed by atoms with Crippen molar-refractivity contribution in [3.05, 3.63) is 63.0 Å². The van der Waals surface area contributed by atoms with Crippen LogP contribution in [-0.2, 0) is 6.42 Å². The third kappa shape index (κ3) is 4.97. The second kappa shape index (κ2) is 10.3. The zero-order valence-electron chi connectivity index (χ0n) is 16.9. The Labute approximate surface area is 191 Å². The SMILES string of the molecule is CCCCCNC(=O)c1nc(-c2ccc(Cl)cc2Cl)n(-c2ccc(Cl)cn2)c1CC. The molecule has 30 heavy (non-hydrogen) atoms. The van der Waals surface area contributed by atoms with E-state index < -0.39 is 0 Å². The van der Waals surface area contributed by atoms with Crippen molar-refractivity contribution in [1.82, 2.24) is 19.9 Å². The standard InChI is InChI=1S/C22H23Cl3N4O/c1-3-5-6-11-26-22(30)20-18(4-2)29(19-10-8-15(24)13-27-19)21(28-20)16-9-7-14(23)12-17(16)25/h7-10,12-13H,3-6,11H2,1-2H3,(H,26,30). The molecule has 158 valence electrons. The second-order valence-corrected chi connectivity index (χ2v) is 8.12. The number of carbonyl (C=O) groups is 1. The van der Waals surface area contributed by atoms with Gasteiger partial charge in [0.25, 0.3) is 5.91 Å². The number of aromatic nitrogens is 3. The highest BCUT2D eigenvalue weighted by molar-refractivity contribution is 6.36. The number of imidazole rings is 1. The molecule has 3 aromatic rings. The van der Waals surface area contributed by atoms with Crippen molar-refractivity contribution in [1.29, 1.82) is 0 Å². The molecule has 0 unspecified atom stereocenters. The third-order valence-corrected chi connectivity index (χ3v) is 5.47. The molecule has 0 saturated carbocycles. The van der Waals surface area contributed by atoms with Gasteiger partial charge in [0.05, 0.1) is 15.7 Å². The topological polar surface area (TPSA) is 59.8 Å². The lowest BCUT2D eigenvalue weighted by atomic mass is 10.2. The first-order chi connectivity index (χ1) is 14.5. The maximum absolute atomic E-state index is 12.9. The number of benzene rings is 1. The van der Waals surface area contributed by atoms with Gasteiger partial charge in [0.1, 0.15) is 17.3 Å². The first kappa shape index (κ1) is 22.6. The van der Waals surface area contributed by atoms with Crippen molar-refractivity contribution in [3.63, 3.8) is 0 Å². The highest BCUT2D eigenvalue weighted by Gasteiger charge is 2.24. The lowest BCUT2D eigenvalue weighted by Gasteiger charge is -2.12. The Bertz CT molecular complexity index is 1030. The van der Waals surface area contributed by atoms with Crippen LogP contribution in [0.15, 0.2) is 36.5 Å². The maximum Gasteiger partial charge on any atom is 0.271 e. The van der Waals surface area contributed by atoms with E-state index in [2.05, 4.69) is 22.2 Å². The first-order valence-corrected chi connectivity index (χ1v) is 11.1. The predicted molar refractivity (Wildman–Crippen MR) is 123 cm³/mol. The zero-order valence-corrected chi connectivity index (χ0v) is 19.2. The molecule has 0 spiro atoms. The molecule has 1 N–H and O–H groups in total. The Hall–Kier alpha value is -2.08. The van der Waals surface area contributed by atoms with Crippen LogP contribution in [0.4, 0.5) is 0 Å². The Morgan fingerprint density at radius 3 is 2.47 bits per heavy atom. The molecular formula is C22H23Cl3N4O. The summed E-state index contributed by atoms with van der Waals surface area (Å²) in [5.41, 5.74) is 1.78. The molecule has 0 aliphatic carbocycles. The molecule has 0 radical (unpaired) electrons. The van der Waals surface area contributed by atoms with Gasteiger partial charge >= 0.3 is 0 Å². The van der Waals surface area contributed by atoms with Gasteiger partial charge in [0.2, 0.25) is 0 Å². The minimum absolute atomic E-state index is 0.206. The van der Waals surface area contributed by atoms with Crippen LogP contribution in [0.25, 0.3) is 17.2 Å². The van der Waals surface area contributed by atoms with Crippen LogP contribution in [-0.4, -0.2) is 27.0 Å². The van der Waals surface area contributed by atoms with Gasteiger partial charge in [-0.15, -0.1) is 0 Å². The summed E-state index contributed by atoms with van der Waals surface area (Å²) in [7, 11) is 0. The summed E-state index contributed by atoms with van der Waals surface area (Å²) >= 11 is 18.6. The fourth-order valence-electron chi connectivity index (χ4n) is 3.22. The van der Waals surface area contributed by atoms with Crippen LogP contribution in [0.3, 0.4) is 0 Å². The fourth-order valence-corrected chi connectivity index (χ4v) is 3.83. The zero-order chi connectivity index (χ0) is 21.7. The quantitative estimate of drug-likeness (QED) is 0.393. The van der Waals surface area contributed by atoms with Gasteiger partial charge in [-0.1, -0.05) is 61.5 Å². The van der Waals surface area contributed by atoms with Gasteiger partial charge < -0.3 is 5.32 Å². The highest BCUT2D eigenvalue weighted by atomic mass is 35.5. The molecule has 8 heteroatoms. The van der Waals surface area contributed by atoms with Crippen molar-refractivity contribution in [3.8, 4) is 17.2 Å². The predicted octanol–water partition coefficient (Wildman–Crippen LogP) is 6.38. The molecule has 2 heterocycles. The van der Waals surface area contributed by atoms with Crippen LogP contribution >= 0.6 is 34.8 Å². The van der Waals surface area contributed by atoms with E-state index in [9.17, 15) is 4.79 Å². The molecule has 1 aromatic carbocycles. The number of hydrogen-bond donors (Lipinski definition) is 1. The van der Waals surface area contributed by atoms with Crippen LogP contribution in [0.2, 0.25) is 15.1 Å². The minimum atomic E-state index is -0.206. The highest BCUT2D eigenvalue weighted by Crippen LogP contribution is 2.33. The van der Waals surface area contributed by atoms with Gasteiger partial charge in [-0.3, -0.25) is 9.36 Å². The Balaban J connectivity index is 2.13. The van der Waals surface area contributed by atoms with Gasteiger partial charge in [-0.05, 0) is 43.2 Å². The number of amides is 1. The van der Waals surface area contributed by atoms with E-state index in [4.69, 9.17) is 34.8 Å². The molecule has 5 nitrogen and oxygen atoms in total. The average Bonchev–Trinajstić information content (AvgIpc) is 3.11. The monoisotopic (exact) mass is 464 g/mol. The molecule has 0 saturated heterocycles. The molecule has 0 bridgehead atoms. The summed E-state index contributed by atoms with van der Waals surface area (Å²) in [4.78, 5) is 22.1. The number of nitrogens with zero attached hydrogens (tertiary/aromatic N) is 3. The van der Waals surface area contributed by atoms with Crippen molar-refractivity contribution in [2.45, 2.75) is 39.5 Å². The van der Waals surface area contributed by atoms with Gasteiger partial charge in [-0.2, -0.15) is 0 Å². The normalized spacial score (nSPS) is 11.0. The molecule has 2 aromatic heterocycles. The summed E-state index contributed by atoms with van der Waals surface area (Å²) in [5.74, 6) is 0.929. The summed E-state index contributed by atoms with van der Waals surface area (Å²) in [5, 5.41) is 4.47. The molecule has 1 amide bonds. The van der Waals surface area contributed by atoms with Crippen LogP contribution in [0, 0.1) is 0 Å². The van der Waals surface area contributed by atoms with Gasteiger partial charge in [0.15, 0.2) is 0 Å². The fraction of sp³-hybridized carbons (Fsp3) is 0.318. The van der Waals surface area contributed by atoms with Crippen molar-refractivity contribution in [2.75, 3.05) is 6.54 Å². The van der Waals surface area contributed by atoms with Crippen LogP contribution in [0.1, 0.15) is 49.3 Å². The number of nitrogens with one attached hydrogen (secondary N) is 1. The summed E-state index contributed by atoms with van der Waals surface area (Å²) in [6, 6.07) is 8.73. The van der Waals surface area contributed by atoms with Gasteiger partial charge in [-0.25, -0.2) is 9.97 Å². The third-order valence-electron chi connectivity index (χ3n) is 4.70. The molecule has 0 atom stereocenters. The number of pyridine rings is 1. The Kier molecular flexibility index (Phi) is 7.75. The van der Waals surface area contributed by atoms with E-state index in [0.29, 0.717) is 50.9 Å². The first-order valence-electron chi connectivity index (χ1n) is 9.93. The lowest BCUT2D eigenvalue weighted by molar-refractivity contribution is 0.0947. The molecule has 3 rings (SSSR count). The summed E-state index contributed by atoms with van der Waals surface area (Å²) < 4.78 is 1.85. The van der Waals surface area contributed by atoms with Crippen LogP contribution in [0.5, 0.6) is 0 Å². The molecular weight excluding hydrogens is 443 g/mol. The number of halogens is 3. The lowest BCUT2D eigenvalue weighted by Crippen LogP contribution is -2.26. The van der Waals surface area contributed by atoms with Crippen molar-refractivity contribution < 1.29 is 4.79 Å². The van der Waals surface area contributed by atoms with E-state index >= 15 is 0 Å². The summed E-state index contributed by atoms with van der Waals surface area (Å²) in [6.45, 7) is 4.71. The van der Waals surface area contributed by atoms with E-state index in [1.165, 1.54) is 0 Å². The minimum Gasteiger partial charge on any atom is -0.351 e. The van der Waals surface area contributed by atoms with Gasteiger partial charge in [0, 0.05) is 23.3 Å². The van der Waals surface area contributed by atoms with E-state index in [0.717, 1.165) is 25.0 Å². The molecule has 0 fully saturated rings. The summed E-state index contributed by atoms with van der Waals surface area (Å²) in [6.07, 6.45) is 5.23. The maximum atomic E-state index is 12.9. The van der Waals surface area contributed by atoms with Crippen LogP contribution < -0.4 is 5.32 Å². The van der Waals surface area contributed by atoms with Crippen molar-refractivity contribution >= 4 is 40.7 Å². The average molecular weight is 466 g/mol. The second-order valence-electron chi connectivity index (χ2n) is 6.84. The molecule has 0 aliphatic rings. The largest absolute Gasteiger partial charge is 0.351 e. The van der Waals surface area contributed by atoms with E-state index in [1.807, 2.05) is 11.5 Å². The number of hydrogen-bond acceptors (Lipinski definition) is 3.